The molecule has 0 atom stereocenters. The number of piperidine rings is 1. The number of rotatable bonds is 4. The van der Waals surface area contributed by atoms with Crippen molar-refractivity contribution in [3.05, 3.63) is 35.4 Å². The van der Waals surface area contributed by atoms with Crippen molar-refractivity contribution in [1.29, 1.82) is 0 Å². The monoisotopic (exact) mass is 330 g/mol. The first kappa shape index (κ1) is 16.8. The van der Waals surface area contributed by atoms with Crippen LogP contribution in [0.2, 0.25) is 0 Å². The van der Waals surface area contributed by atoms with Crippen LogP contribution in [0.3, 0.4) is 0 Å². The lowest BCUT2D eigenvalue weighted by atomic mass is 9.90. The van der Waals surface area contributed by atoms with Crippen LogP contribution in [0.1, 0.15) is 48.0 Å². The maximum absolute atomic E-state index is 12.5. The van der Waals surface area contributed by atoms with E-state index in [0.29, 0.717) is 19.0 Å². The molecule has 2 aliphatic heterocycles. The van der Waals surface area contributed by atoms with Gasteiger partial charge < -0.3 is 14.9 Å². The van der Waals surface area contributed by atoms with Gasteiger partial charge in [0.2, 0.25) is 0 Å². The third-order valence-corrected chi connectivity index (χ3v) is 5.29. The highest BCUT2D eigenvalue weighted by molar-refractivity contribution is 5.94. The first-order valence-corrected chi connectivity index (χ1v) is 8.99. The van der Waals surface area contributed by atoms with E-state index in [0.717, 1.165) is 57.2 Å². The molecule has 0 aliphatic carbocycles. The van der Waals surface area contributed by atoms with E-state index in [2.05, 4.69) is 6.07 Å². The summed E-state index contributed by atoms with van der Waals surface area (Å²) in [5.41, 5.74) is 2.01. The fraction of sp³-hybridized carbons (Fsp3) is 0.579. The van der Waals surface area contributed by atoms with Crippen LogP contribution >= 0.6 is 0 Å². The second-order valence-corrected chi connectivity index (χ2v) is 6.95. The molecule has 5 heteroatoms. The molecule has 0 bridgehead atoms. The Hall–Kier alpha value is -2.04. The van der Waals surface area contributed by atoms with Gasteiger partial charge in [-0.05, 0) is 62.1 Å². The second-order valence-electron chi connectivity index (χ2n) is 6.95. The molecule has 2 aliphatic rings. The van der Waals surface area contributed by atoms with Gasteiger partial charge in [-0.1, -0.05) is 12.1 Å². The Morgan fingerprint density at radius 1 is 1.04 bits per heavy atom. The van der Waals surface area contributed by atoms with Crippen LogP contribution in [0.4, 0.5) is 4.79 Å². The predicted molar refractivity (Wildman–Crippen MR) is 92.2 cm³/mol. The molecule has 2 fully saturated rings. The average Bonchev–Trinajstić information content (AvgIpc) is 3.14. The molecule has 0 saturated carbocycles. The molecule has 0 aromatic heterocycles. The Morgan fingerprint density at radius 3 is 2.42 bits per heavy atom. The van der Waals surface area contributed by atoms with Crippen molar-refractivity contribution in [2.24, 2.45) is 5.92 Å². The van der Waals surface area contributed by atoms with Crippen molar-refractivity contribution in [2.75, 3.05) is 26.2 Å². The lowest BCUT2D eigenvalue weighted by Gasteiger charge is -2.30. The maximum Gasteiger partial charge on any atom is 0.407 e. The number of benzene rings is 1. The highest BCUT2D eigenvalue weighted by atomic mass is 16.4. The standard InChI is InChI=1S/C19H26N2O3/c22-18(20-10-1-2-11-20)17-5-3-4-16(14-17)7-6-15-8-12-21(13-9-15)19(23)24/h3-5,14-15H,1-2,6-13H2,(H,23,24). The maximum atomic E-state index is 12.5. The van der Waals surface area contributed by atoms with E-state index in [9.17, 15) is 9.59 Å². The van der Waals surface area contributed by atoms with Crippen LogP contribution in [-0.4, -0.2) is 53.1 Å². The van der Waals surface area contributed by atoms with E-state index in [-0.39, 0.29) is 5.91 Å². The number of carbonyl (C=O) groups is 2. The quantitative estimate of drug-likeness (QED) is 0.922. The summed E-state index contributed by atoms with van der Waals surface area (Å²) in [5.74, 6) is 0.739. The van der Waals surface area contributed by atoms with Crippen molar-refractivity contribution in [2.45, 2.75) is 38.5 Å². The number of amides is 2. The first-order chi connectivity index (χ1) is 11.6. The largest absolute Gasteiger partial charge is 0.465 e. The van der Waals surface area contributed by atoms with Crippen molar-refractivity contribution in [3.8, 4) is 0 Å². The number of nitrogens with zero attached hydrogens (tertiary/aromatic N) is 2. The molecule has 2 heterocycles. The van der Waals surface area contributed by atoms with Gasteiger partial charge in [0, 0.05) is 31.7 Å². The smallest absolute Gasteiger partial charge is 0.407 e. The van der Waals surface area contributed by atoms with E-state index in [1.165, 1.54) is 10.5 Å². The Bertz CT molecular complexity index is 588. The fourth-order valence-electron chi connectivity index (χ4n) is 3.75. The molecule has 0 unspecified atom stereocenters. The van der Waals surface area contributed by atoms with E-state index in [4.69, 9.17) is 5.11 Å². The minimum absolute atomic E-state index is 0.157. The Balaban J connectivity index is 1.52. The number of carboxylic acid groups (broad SMARTS) is 1. The molecular weight excluding hydrogens is 304 g/mol. The zero-order valence-electron chi connectivity index (χ0n) is 14.1. The molecule has 3 rings (SSSR count). The van der Waals surface area contributed by atoms with Gasteiger partial charge in [0.15, 0.2) is 0 Å². The predicted octanol–water partition coefficient (Wildman–Crippen LogP) is 3.25. The lowest BCUT2D eigenvalue weighted by Crippen LogP contribution is -2.37. The second kappa shape index (κ2) is 7.69. The topological polar surface area (TPSA) is 60.9 Å². The SMILES string of the molecule is O=C(O)N1CCC(CCc2cccc(C(=O)N3CCCC3)c2)CC1. The molecule has 0 radical (unpaired) electrons. The summed E-state index contributed by atoms with van der Waals surface area (Å²) >= 11 is 0. The van der Waals surface area contributed by atoms with Gasteiger partial charge in [0.1, 0.15) is 0 Å². The van der Waals surface area contributed by atoms with Crippen molar-refractivity contribution >= 4 is 12.0 Å². The number of hydrogen-bond acceptors (Lipinski definition) is 2. The Labute approximate surface area is 143 Å². The molecule has 1 aromatic rings. The Kier molecular flexibility index (Phi) is 5.38. The van der Waals surface area contributed by atoms with E-state index in [1.54, 1.807) is 0 Å². The molecular formula is C19H26N2O3. The van der Waals surface area contributed by atoms with Crippen molar-refractivity contribution in [3.63, 3.8) is 0 Å². The van der Waals surface area contributed by atoms with Crippen LogP contribution in [-0.2, 0) is 6.42 Å². The third kappa shape index (κ3) is 4.08. The number of likely N-dealkylation sites (tertiary alicyclic amines) is 2. The molecule has 2 amide bonds. The first-order valence-electron chi connectivity index (χ1n) is 8.99. The average molecular weight is 330 g/mol. The summed E-state index contributed by atoms with van der Waals surface area (Å²) in [5, 5.41) is 8.99. The van der Waals surface area contributed by atoms with E-state index in [1.807, 2.05) is 23.1 Å². The number of aryl methyl sites for hydroxylation is 1. The van der Waals surface area contributed by atoms with Gasteiger partial charge >= 0.3 is 6.09 Å². The highest BCUT2D eigenvalue weighted by Gasteiger charge is 2.22. The zero-order valence-corrected chi connectivity index (χ0v) is 14.1. The van der Waals surface area contributed by atoms with Gasteiger partial charge in [0.25, 0.3) is 5.91 Å². The van der Waals surface area contributed by atoms with Gasteiger partial charge in [-0.25, -0.2) is 4.79 Å². The van der Waals surface area contributed by atoms with E-state index < -0.39 is 6.09 Å². The minimum Gasteiger partial charge on any atom is -0.465 e. The number of hydrogen-bond donors (Lipinski definition) is 1. The summed E-state index contributed by atoms with van der Waals surface area (Å²) in [7, 11) is 0. The van der Waals surface area contributed by atoms with Crippen LogP contribution in [0.25, 0.3) is 0 Å². The summed E-state index contributed by atoms with van der Waals surface area (Å²) in [4.78, 5) is 26.9. The summed E-state index contributed by atoms with van der Waals surface area (Å²) in [6, 6.07) is 8.02. The van der Waals surface area contributed by atoms with Crippen LogP contribution in [0.15, 0.2) is 24.3 Å². The van der Waals surface area contributed by atoms with Crippen LogP contribution < -0.4 is 0 Å². The molecule has 1 aromatic carbocycles. The number of carbonyl (C=O) groups excluding carboxylic acids is 1. The van der Waals surface area contributed by atoms with Gasteiger partial charge in [0.05, 0.1) is 0 Å². The molecule has 2 saturated heterocycles. The van der Waals surface area contributed by atoms with Crippen LogP contribution in [0.5, 0.6) is 0 Å². The minimum atomic E-state index is -0.804. The fourth-order valence-corrected chi connectivity index (χ4v) is 3.75. The summed E-state index contributed by atoms with van der Waals surface area (Å²) < 4.78 is 0. The summed E-state index contributed by atoms with van der Waals surface area (Å²) in [6.45, 7) is 3.05. The zero-order chi connectivity index (χ0) is 16.9. The third-order valence-electron chi connectivity index (χ3n) is 5.29. The lowest BCUT2D eigenvalue weighted by molar-refractivity contribution is 0.0792. The molecule has 5 nitrogen and oxygen atoms in total. The van der Waals surface area contributed by atoms with Crippen molar-refractivity contribution in [1.82, 2.24) is 9.80 Å². The van der Waals surface area contributed by atoms with Crippen LogP contribution in [0, 0.1) is 5.92 Å². The Morgan fingerprint density at radius 2 is 1.75 bits per heavy atom. The van der Waals surface area contributed by atoms with Gasteiger partial charge in [-0.15, -0.1) is 0 Å². The summed E-state index contributed by atoms with van der Waals surface area (Å²) in [6.07, 6.45) is 5.33. The van der Waals surface area contributed by atoms with Gasteiger partial charge in [-0.2, -0.15) is 0 Å². The highest BCUT2D eigenvalue weighted by Crippen LogP contribution is 2.23. The molecule has 130 valence electrons. The molecule has 24 heavy (non-hydrogen) atoms. The van der Waals surface area contributed by atoms with Gasteiger partial charge in [-0.3, -0.25) is 4.79 Å². The van der Waals surface area contributed by atoms with Crippen molar-refractivity contribution < 1.29 is 14.7 Å². The molecule has 1 N–H and O–H groups in total. The van der Waals surface area contributed by atoms with E-state index >= 15 is 0 Å². The normalized spacial score (nSPS) is 18.8. The molecule has 0 spiro atoms.